The first-order valence-corrected chi connectivity index (χ1v) is 7.34. The number of hydrogen-bond acceptors (Lipinski definition) is 6. The molecule has 0 heterocycles. The zero-order chi connectivity index (χ0) is 13.8. The van der Waals surface area contributed by atoms with Crippen LogP contribution in [0.2, 0.25) is 0 Å². The monoisotopic (exact) mass is 291 g/mol. The standard InChI is InChI=1S/C7H19F2N3O3SSi/c1-10(2)16(11(3)4,12(5)6)15-17(13)14-7(8)9/h7H,1-6H3. The molecule has 17 heavy (non-hydrogen) atoms. The lowest BCUT2D eigenvalue weighted by atomic mass is 11.2. The fourth-order valence-electron chi connectivity index (χ4n) is 1.39. The van der Waals surface area contributed by atoms with Crippen molar-refractivity contribution in [3.8, 4) is 0 Å². The topological polar surface area (TPSA) is 45.2 Å². The second-order valence-corrected chi connectivity index (χ2v) is 8.15. The van der Waals surface area contributed by atoms with Crippen LogP contribution in [0.1, 0.15) is 0 Å². The summed E-state index contributed by atoms with van der Waals surface area (Å²) in [5.74, 6) is 0. The van der Waals surface area contributed by atoms with Crippen molar-refractivity contribution in [1.29, 1.82) is 0 Å². The van der Waals surface area contributed by atoms with Crippen LogP contribution in [0.3, 0.4) is 0 Å². The molecule has 0 N–H and O–H groups in total. The predicted octanol–water partition coefficient (Wildman–Crippen LogP) is 0.807. The highest BCUT2D eigenvalue weighted by Crippen LogP contribution is 2.54. The highest BCUT2D eigenvalue weighted by atomic mass is 32.3. The van der Waals surface area contributed by atoms with Gasteiger partial charge in [-0.25, -0.2) is 12.9 Å². The Hall–Kier alpha value is -0.293. The highest BCUT2D eigenvalue weighted by Gasteiger charge is 2.39. The molecule has 0 saturated heterocycles. The second kappa shape index (κ2) is 6.59. The molecule has 0 spiro atoms. The molecule has 0 aliphatic carbocycles. The zero-order valence-corrected chi connectivity index (χ0v) is 12.6. The first-order chi connectivity index (χ1) is 7.64. The Morgan fingerprint density at radius 2 is 1.35 bits per heavy atom. The van der Waals surface area contributed by atoms with E-state index in [0.717, 1.165) is 0 Å². The third-order valence-electron chi connectivity index (χ3n) is 1.79. The minimum Gasteiger partial charge on any atom is -0.439 e. The number of nitrogens with zero attached hydrogens (tertiary/aromatic N) is 3. The van der Waals surface area contributed by atoms with Crippen LogP contribution in [0.25, 0.3) is 0 Å². The van der Waals surface area contributed by atoms with Gasteiger partial charge in [-0.1, -0.05) is 0 Å². The fraction of sp³-hybridized carbons (Fsp3) is 1.00. The normalized spacial score (nSPS) is 13.6. The van der Waals surface area contributed by atoms with Gasteiger partial charge < -0.3 is 8.30 Å². The Labute approximate surface area is 104 Å². The molecule has 0 saturated carbocycles. The first kappa shape index (κ1) is 16.7. The number of hydrogen-bond donors (Lipinski definition) is 0. The maximum absolute atomic E-state index is 12.0. The van der Waals surface area contributed by atoms with E-state index >= 15 is 0 Å². The summed E-state index contributed by atoms with van der Waals surface area (Å²) in [5, 5.41) is 0. The molecule has 10 heteroatoms. The van der Waals surface area contributed by atoms with Gasteiger partial charge in [-0.2, -0.15) is 8.78 Å². The Kier molecular flexibility index (Phi) is 6.48. The molecule has 0 fully saturated rings. The van der Waals surface area contributed by atoms with Crippen LogP contribution < -0.4 is 0 Å². The van der Waals surface area contributed by atoms with Crippen molar-refractivity contribution in [3.05, 3.63) is 0 Å². The van der Waals surface area contributed by atoms with Crippen LogP contribution >= 0.6 is 10.9 Å². The maximum atomic E-state index is 12.0. The largest absolute Gasteiger partial charge is 0.785 e. The molecule has 0 aromatic rings. The van der Waals surface area contributed by atoms with E-state index in [4.69, 9.17) is 3.87 Å². The Morgan fingerprint density at radius 1 is 1.00 bits per heavy atom. The molecule has 0 amide bonds. The molecule has 0 aliphatic heterocycles. The maximum Gasteiger partial charge on any atom is 0.785 e. The van der Waals surface area contributed by atoms with Gasteiger partial charge in [-0.15, -0.1) is 0 Å². The summed E-state index contributed by atoms with van der Waals surface area (Å²) in [4.78, 5) is 0. The van der Waals surface area contributed by atoms with E-state index in [-0.39, 0.29) is 0 Å². The molecule has 0 aromatic heterocycles. The van der Waals surface area contributed by atoms with E-state index in [1.165, 1.54) is 0 Å². The first-order valence-electron chi connectivity index (χ1n) is 4.68. The molecule has 0 radical (unpaired) electrons. The fourth-order valence-corrected chi connectivity index (χ4v) is 6.17. The van der Waals surface area contributed by atoms with Gasteiger partial charge in [0.1, 0.15) is 0 Å². The van der Waals surface area contributed by atoms with Crippen molar-refractivity contribution in [3.63, 3.8) is 0 Å². The summed E-state index contributed by atoms with van der Waals surface area (Å²) in [5.41, 5.74) is 0. The number of rotatable bonds is 7. The summed E-state index contributed by atoms with van der Waals surface area (Å²) in [6.45, 7) is -3.11. The van der Waals surface area contributed by atoms with E-state index in [1.807, 2.05) is 0 Å². The predicted molar refractivity (Wildman–Crippen MR) is 63.3 cm³/mol. The Balaban J connectivity index is 4.99. The van der Waals surface area contributed by atoms with Crippen molar-refractivity contribution >= 4 is 20.0 Å². The average Bonchev–Trinajstić information content (AvgIpc) is 2.10. The summed E-state index contributed by atoms with van der Waals surface area (Å²) in [6.07, 6.45) is 0. The van der Waals surface area contributed by atoms with Gasteiger partial charge in [0.25, 0.3) is 0 Å². The minimum absolute atomic E-state index is 1.68. The average molecular weight is 291 g/mol. The van der Waals surface area contributed by atoms with E-state index in [1.54, 1.807) is 55.2 Å². The lowest BCUT2D eigenvalue weighted by Crippen LogP contribution is -2.44. The minimum atomic E-state index is -3.27. The second-order valence-electron chi connectivity index (χ2n) is 3.62. The Bertz CT molecular complexity index is 247. The summed E-state index contributed by atoms with van der Waals surface area (Å²) in [6, 6.07) is 0. The van der Waals surface area contributed by atoms with Gasteiger partial charge >= 0.3 is 15.8 Å². The van der Waals surface area contributed by atoms with Crippen LogP contribution in [-0.4, -0.2) is 71.0 Å². The van der Waals surface area contributed by atoms with Crippen LogP contribution in [-0.2, 0) is 12.8 Å². The lowest BCUT2D eigenvalue weighted by molar-refractivity contribution is -0.0664. The zero-order valence-electron chi connectivity index (χ0n) is 10.8. The molecular weight excluding hydrogens is 272 g/mol. The van der Waals surface area contributed by atoms with Crippen LogP contribution in [0.15, 0.2) is 0 Å². The van der Waals surface area contributed by atoms with Gasteiger partial charge in [-0.05, 0) is 0 Å². The molecule has 0 rings (SSSR count). The van der Waals surface area contributed by atoms with E-state index in [2.05, 4.69) is 4.43 Å². The molecule has 104 valence electrons. The molecule has 0 unspecified atom stereocenters. The Morgan fingerprint density at radius 3 is 1.59 bits per heavy atom. The quantitative estimate of drug-likeness (QED) is 0.647. The lowest BCUT2D eigenvalue weighted by Gasteiger charge is -2.51. The summed E-state index contributed by atoms with van der Waals surface area (Å²) >= 11 is 0. The third-order valence-corrected chi connectivity index (χ3v) is 6.46. The van der Waals surface area contributed by atoms with E-state index in [0.29, 0.717) is 0 Å². The van der Waals surface area contributed by atoms with Gasteiger partial charge in [0, 0.05) is 42.3 Å². The number of halogens is 2. The summed E-state index contributed by atoms with van der Waals surface area (Å²) in [7, 11) is 4.81. The van der Waals surface area contributed by atoms with Crippen molar-refractivity contribution in [1.82, 2.24) is 12.9 Å². The van der Waals surface area contributed by atoms with Gasteiger partial charge in [0.15, 0.2) is 0 Å². The van der Waals surface area contributed by atoms with Crippen LogP contribution in [0.5, 0.6) is 0 Å². The van der Waals surface area contributed by atoms with Gasteiger partial charge in [0.2, 0.25) is 0 Å². The molecule has 6 nitrogen and oxygen atoms in total. The highest BCUT2D eigenvalue weighted by molar-refractivity contribution is 8.24. The van der Waals surface area contributed by atoms with Gasteiger partial charge in [-0.3, -0.25) is 4.46 Å². The molecule has 0 bridgehead atoms. The molecule has 0 atom stereocenters. The third kappa shape index (κ3) is 4.14. The van der Waals surface area contributed by atoms with Crippen molar-refractivity contribution in [2.75, 3.05) is 42.3 Å². The van der Waals surface area contributed by atoms with Crippen molar-refractivity contribution in [2.45, 2.75) is 6.61 Å². The van der Waals surface area contributed by atoms with E-state index in [9.17, 15) is 13.2 Å². The molecule has 0 aliphatic rings. The SMILES string of the molecule is CN(C)S(O[Si](=O)OC(F)F)(N(C)C)N(C)C. The smallest absolute Gasteiger partial charge is 0.439 e. The molecular formula is C7H19F2N3O3SSi. The van der Waals surface area contributed by atoms with Crippen molar-refractivity contribution in [2.24, 2.45) is 0 Å². The van der Waals surface area contributed by atoms with Crippen LogP contribution in [0.4, 0.5) is 8.78 Å². The van der Waals surface area contributed by atoms with Gasteiger partial charge in [0.05, 0.1) is 10.9 Å². The van der Waals surface area contributed by atoms with E-state index < -0.39 is 26.6 Å². The van der Waals surface area contributed by atoms with Crippen LogP contribution in [0, 0.1) is 0 Å². The number of alkyl halides is 2. The summed E-state index contributed by atoms with van der Waals surface area (Å²) < 4.78 is 49.5. The van der Waals surface area contributed by atoms with Crippen molar-refractivity contribution < 1.29 is 21.5 Å². The molecule has 0 aromatic carbocycles.